The Hall–Kier alpha value is -2.92. The fourth-order valence-corrected chi connectivity index (χ4v) is 2.10. The molecule has 0 heterocycles. The molecule has 2 aromatic rings. The summed E-state index contributed by atoms with van der Waals surface area (Å²) in [6, 6.07) is 18.3. The highest BCUT2D eigenvalue weighted by molar-refractivity contribution is 7.81. The third-order valence-corrected chi connectivity index (χ3v) is 3.81. The molecule has 0 aliphatic carbocycles. The van der Waals surface area contributed by atoms with E-state index >= 15 is 0 Å². The van der Waals surface area contributed by atoms with Gasteiger partial charge in [-0.15, -0.1) is 0 Å². The second-order valence-electron chi connectivity index (χ2n) is 6.27. The molecule has 0 saturated heterocycles. The highest BCUT2D eigenvalue weighted by Crippen LogP contribution is 2.08. The van der Waals surface area contributed by atoms with Crippen LogP contribution < -0.4 is 15.4 Å². The Labute approximate surface area is 275 Å². The first-order chi connectivity index (χ1) is 17.8. The van der Waals surface area contributed by atoms with E-state index in [1.807, 2.05) is 64.1 Å². The average Bonchev–Trinajstić information content (AvgIpc) is 2.93. The van der Waals surface area contributed by atoms with Gasteiger partial charge < -0.3 is 14.2 Å². The van der Waals surface area contributed by atoms with Crippen LogP contribution in [0.5, 0.6) is 11.5 Å². The lowest BCUT2D eigenvalue weighted by molar-refractivity contribution is -0.139. The summed E-state index contributed by atoms with van der Waals surface area (Å²) in [5, 5.41) is 0. The van der Waals surface area contributed by atoms with Gasteiger partial charge in [0.05, 0.1) is 0 Å². The highest BCUT2D eigenvalue weighted by atomic mass is 32.3. The smallest absolute Gasteiger partial charge is 0.416 e. The van der Waals surface area contributed by atoms with E-state index in [0.29, 0.717) is 17.9 Å². The van der Waals surface area contributed by atoms with E-state index in [0.717, 1.165) is 5.75 Å². The van der Waals surface area contributed by atoms with Crippen LogP contribution in [0.15, 0.2) is 72.8 Å². The van der Waals surface area contributed by atoms with Gasteiger partial charge in [-0.25, -0.2) is 8.98 Å². The Kier molecular flexibility index (Phi) is 77.2. The zero-order valence-electron chi connectivity index (χ0n) is 23.3. The van der Waals surface area contributed by atoms with Crippen LogP contribution in [0, 0.1) is 0 Å². The van der Waals surface area contributed by atoms with E-state index in [2.05, 4.69) is 34.8 Å². The van der Waals surface area contributed by atoms with Gasteiger partial charge in [0.25, 0.3) is 0 Å². The monoisotopic (exact) mass is 656 g/mol. The predicted molar refractivity (Wildman–Crippen MR) is 196 cm³/mol. The van der Waals surface area contributed by atoms with E-state index in [-0.39, 0.29) is 77.8 Å². The largest absolute Gasteiger partial charge is 0.491 e. The van der Waals surface area contributed by atoms with E-state index in [9.17, 15) is 13.2 Å². The first kappa shape index (κ1) is 68.3. The lowest BCUT2D eigenvalue weighted by Gasteiger charge is -2.06. The van der Waals surface area contributed by atoms with Crippen molar-refractivity contribution in [1.82, 2.24) is 0 Å². The van der Waals surface area contributed by atoms with E-state index < -0.39 is 10.4 Å². The summed E-state index contributed by atoms with van der Waals surface area (Å²) < 4.78 is 44.4. The lowest BCUT2D eigenvalue weighted by atomic mass is 10.3. The second kappa shape index (κ2) is 49.7. The van der Waals surface area contributed by atoms with Gasteiger partial charge in [0.1, 0.15) is 37.9 Å². The van der Waals surface area contributed by atoms with Crippen molar-refractivity contribution in [3.63, 3.8) is 0 Å². The van der Waals surface area contributed by atoms with Crippen molar-refractivity contribution >= 4 is 16.4 Å². The number of carbonyl (C=O) groups excluding carboxylic acids is 1. The van der Waals surface area contributed by atoms with Crippen LogP contribution in [0.4, 0.5) is 0 Å². The first-order valence-electron chi connectivity index (χ1n) is 12.2. The van der Waals surface area contributed by atoms with E-state index in [1.165, 1.54) is 6.42 Å². The van der Waals surface area contributed by atoms with Crippen LogP contribution in [-0.4, -0.2) is 40.8 Å². The first-order valence-corrected chi connectivity index (χ1v) is 13.5. The number of para-hydroxylation sites is 2. The maximum atomic E-state index is 11.0. The van der Waals surface area contributed by atoms with Crippen molar-refractivity contribution < 1.29 is 35.9 Å². The number of ether oxygens (including phenoxy) is 3. The topological polar surface area (TPSA) is 123 Å². The molecule has 2 rings (SSSR count). The van der Waals surface area contributed by atoms with Crippen molar-refractivity contribution in [2.24, 2.45) is 5.90 Å². The maximum Gasteiger partial charge on any atom is 0.416 e. The normalized spacial score (nSPS) is 7.73. The quantitative estimate of drug-likeness (QED) is 0.109. The number of benzene rings is 2. The van der Waals surface area contributed by atoms with Crippen LogP contribution in [-0.2, 0) is 28.4 Å². The summed E-state index contributed by atoms with van der Waals surface area (Å²) in [5.74, 6) is 5.46. The molecule has 0 aliphatic heterocycles. The Morgan fingerprint density at radius 2 is 1.00 bits per heavy atom. The van der Waals surface area contributed by atoms with Gasteiger partial charge in [0.15, 0.2) is 0 Å². The van der Waals surface area contributed by atoms with Crippen molar-refractivity contribution in [2.45, 2.75) is 107 Å². The van der Waals surface area contributed by atoms with Gasteiger partial charge in [0.2, 0.25) is 0 Å². The van der Waals surface area contributed by atoms with Gasteiger partial charge in [-0.2, -0.15) is 18.6 Å². The SMILES string of the molecule is C.C.C.C.C.C.C.C=C(C)C(=O)OCCOc1ccccc1.CC.CC.CCC.NOS(=O)(=O)OCCOc1ccccc1. The predicted octanol–water partition coefficient (Wildman–Crippen LogP) is 10.3. The molecule has 0 amide bonds. The molecule has 268 valence electrons. The fourth-order valence-electron chi connectivity index (χ4n) is 1.77. The van der Waals surface area contributed by atoms with Crippen LogP contribution >= 0.6 is 0 Å². The molecule has 2 aromatic carbocycles. The number of carbonyl (C=O) groups is 1. The molecule has 0 unspecified atom stereocenters. The van der Waals surface area contributed by atoms with Crippen LogP contribution in [0.1, 0.15) is 107 Å². The zero-order chi connectivity index (χ0) is 29.0. The zero-order valence-corrected chi connectivity index (χ0v) is 24.1. The minimum atomic E-state index is -4.08. The van der Waals surface area contributed by atoms with Crippen molar-refractivity contribution in [1.29, 1.82) is 0 Å². The molecule has 44 heavy (non-hydrogen) atoms. The summed E-state index contributed by atoms with van der Waals surface area (Å²) >= 11 is 0. The second-order valence-corrected chi connectivity index (χ2v) is 7.52. The summed E-state index contributed by atoms with van der Waals surface area (Å²) in [4.78, 5) is 11.0. The molecule has 9 nitrogen and oxygen atoms in total. The van der Waals surface area contributed by atoms with Crippen LogP contribution in [0.25, 0.3) is 0 Å². The molecular weight excluding hydrogens is 582 g/mol. The summed E-state index contributed by atoms with van der Waals surface area (Å²) in [6.07, 6.45) is 1.25. The Morgan fingerprint density at radius 3 is 1.30 bits per heavy atom. The molecule has 2 N–H and O–H groups in total. The molecule has 0 atom stereocenters. The number of hydrogen-bond donors (Lipinski definition) is 1. The van der Waals surface area contributed by atoms with Crippen LogP contribution in [0.2, 0.25) is 0 Å². The molecule has 0 radical (unpaired) electrons. The minimum absolute atomic E-state index is 0. The highest BCUT2D eigenvalue weighted by Gasteiger charge is 2.08. The molecule has 0 aromatic heterocycles. The molecular formula is C34H73NO8S. The number of rotatable bonds is 11. The third kappa shape index (κ3) is 46.0. The third-order valence-electron chi connectivity index (χ3n) is 3.12. The maximum absolute atomic E-state index is 11.0. The van der Waals surface area contributed by atoms with E-state index in [4.69, 9.17) is 14.2 Å². The molecule has 0 spiro atoms. The lowest BCUT2D eigenvalue weighted by Crippen LogP contribution is -2.17. The molecule has 0 aliphatic rings. The summed E-state index contributed by atoms with van der Waals surface area (Å²) in [5.41, 5.74) is 0.398. The summed E-state index contributed by atoms with van der Waals surface area (Å²) in [6.45, 7) is 17.9. The van der Waals surface area contributed by atoms with E-state index in [1.54, 1.807) is 31.2 Å². The van der Waals surface area contributed by atoms with Crippen molar-refractivity contribution in [3.05, 3.63) is 72.8 Å². The molecule has 0 saturated carbocycles. The van der Waals surface area contributed by atoms with Gasteiger partial charge in [-0.1, -0.05) is 143 Å². The molecule has 0 fully saturated rings. The standard InChI is InChI=1S/C12H14O3.C8H11NO5S.C3H8.2C2H6.7CH4/c1-10(2)12(13)15-9-8-14-11-6-4-3-5-7-11;9-14-15(10,11)13-7-6-12-8-4-2-1-3-5-8;1-3-2;2*1-2;;;;;;;/h3-7H,1,8-9H2,2H3;1-5H,6-7,9H2;3H2,1-2H3;2*1-2H3;7*1H4. The average molecular weight is 656 g/mol. The van der Waals surface area contributed by atoms with Gasteiger partial charge >= 0.3 is 16.4 Å². The Morgan fingerprint density at radius 1 is 0.682 bits per heavy atom. The van der Waals surface area contributed by atoms with Crippen molar-refractivity contribution in [2.75, 3.05) is 26.4 Å². The fraction of sp³-hybridized carbons (Fsp3) is 0.559. The number of hydrogen-bond acceptors (Lipinski definition) is 9. The molecule has 10 heteroatoms. The van der Waals surface area contributed by atoms with Gasteiger partial charge in [0, 0.05) is 5.57 Å². The Bertz CT molecular complexity index is 879. The Balaban J connectivity index is -0.0000000481. The number of esters is 1. The van der Waals surface area contributed by atoms with Crippen LogP contribution in [0.3, 0.4) is 0 Å². The molecule has 0 bridgehead atoms. The minimum Gasteiger partial charge on any atom is -0.491 e. The van der Waals surface area contributed by atoms with Gasteiger partial charge in [-0.3, -0.25) is 0 Å². The number of nitrogens with two attached hydrogens (primary N) is 1. The van der Waals surface area contributed by atoms with Gasteiger partial charge in [-0.05, 0) is 31.2 Å². The van der Waals surface area contributed by atoms with Crippen molar-refractivity contribution in [3.8, 4) is 11.5 Å². The summed E-state index contributed by atoms with van der Waals surface area (Å²) in [7, 11) is -4.08.